The van der Waals surface area contributed by atoms with Crippen LogP contribution in [0.3, 0.4) is 0 Å². The summed E-state index contributed by atoms with van der Waals surface area (Å²) in [6.07, 6.45) is 3.20. The molecule has 2 N–H and O–H groups in total. The molecule has 0 saturated heterocycles. The molecule has 1 aliphatic rings. The minimum atomic E-state index is 0.0771. The van der Waals surface area contributed by atoms with Crippen LogP contribution in [0.5, 0.6) is 0 Å². The van der Waals surface area contributed by atoms with Crippen LogP contribution in [-0.2, 0) is 0 Å². The van der Waals surface area contributed by atoms with Crippen molar-refractivity contribution in [2.75, 3.05) is 5.73 Å². The Hall–Kier alpha value is -1.77. The summed E-state index contributed by atoms with van der Waals surface area (Å²) >= 11 is 0. The van der Waals surface area contributed by atoms with Crippen molar-refractivity contribution < 1.29 is 0 Å². The maximum absolute atomic E-state index is 12.5. The van der Waals surface area contributed by atoms with E-state index in [-0.39, 0.29) is 5.43 Å². The van der Waals surface area contributed by atoms with Crippen LogP contribution in [0, 0.1) is 33.6 Å². The standard InChI is InChI=1S/C17H22N2O/c1-8-6-13(8)19-7-9(2)17(20)14-15(18)11(4)10(3)12(5)16(14)19/h7-8,13H,6,18H2,1-5H3. The Labute approximate surface area is 119 Å². The van der Waals surface area contributed by atoms with Gasteiger partial charge in [-0.25, -0.2) is 0 Å². The van der Waals surface area contributed by atoms with Crippen molar-refractivity contribution in [2.45, 2.75) is 47.1 Å². The van der Waals surface area contributed by atoms with Crippen LogP contribution in [0.25, 0.3) is 10.9 Å². The molecule has 106 valence electrons. The molecule has 1 aromatic carbocycles. The van der Waals surface area contributed by atoms with E-state index in [2.05, 4.69) is 25.3 Å². The van der Waals surface area contributed by atoms with Gasteiger partial charge in [0.15, 0.2) is 5.43 Å². The zero-order valence-corrected chi connectivity index (χ0v) is 12.9. The second-order valence-corrected chi connectivity index (χ2v) is 6.34. The second kappa shape index (κ2) is 4.11. The monoisotopic (exact) mass is 270 g/mol. The van der Waals surface area contributed by atoms with Crippen molar-refractivity contribution in [3.8, 4) is 0 Å². The van der Waals surface area contributed by atoms with Crippen molar-refractivity contribution in [3.63, 3.8) is 0 Å². The summed E-state index contributed by atoms with van der Waals surface area (Å²) < 4.78 is 2.29. The number of aromatic nitrogens is 1. The van der Waals surface area contributed by atoms with Gasteiger partial charge in [-0.3, -0.25) is 4.79 Å². The fourth-order valence-corrected chi connectivity index (χ4v) is 3.20. The highest BCUT2D eigenvalue weighted by Gasteiger charge is 2.35. The molecule has 2 unspecified atom stereocenters. The summed E-state index contributed by atoms with van der Waals surface area (Å²) in [6, 6.07) is 0.511. The molecule has 0 amide bonds. The molecule has 0 aliphatic heterocycles. The van der Waals surface area contributed by atoms with E-state index >= 15 is 0 Å². The zero-order chi connectivity index (χ0) is 14.8. The van der Waals surface area contributed by atoms with E-state index in [0.717, 1.165) is 16.6 Å². The van der Waals surface area contributed by atoms with Crippen LogP contribution in [-0.4, -0.2) is 4.57 Å². The summed E-state index contributed by atoms with van der Waals surface area (Å²) in [4.78, 5) is 12.5. The molecule has 1 saturated carbocycles. The molecule has 2 atom stereocenters. The Kier molecular flexibility index (Phi) is 2.72. The van der Waals surface area contributed by atoms with Crippen molar-refractivity contribution >= 4 is 16.6 Å². The zero-order valence-electron chi connectivity index (χ0n) is 12.9. The number of nitrogen functional groups attached to an aromatic ring is 1. The van der Waals surface area contributed by atoms with Crippen LogP contribution in [0.2, 0.25) is 0 Å². The molecule has 3 rings (SSSR count). The lowest BCUT2D eigenvalue weighted by atomic mass is 9.96. The van der Waals surface area contributed by atoms with E-state index in [1.54, 1.807) is 0 Å². The highest BCUT2D eigenvalue weighted by Crippen LogP contribution is 2.45. The molecule has 0 bridgehead atoms. The number of hydrogen-bond acceptors (Lipinski definition) is 2. The number of rotatable bonds is 1. The average molecular weight is 270 g/mol. The Morgan fingerprint density at radius 3 is 2.30 bits per heavy atom. The van der Waals surface area contributed by atoms with Crippen molar-refractivity contribution in [1.29, 1.82) is 0 Å². The highest BCUT2D eigenvalue weighted by atomic mass is 16.1. The van der Waals surface area contributed by atoms with Gasteiger partial charge < -0.3 is 10.3 Å². The number of anilines is 1. The summed E-state index contributed by atoms with van der Waals surface area (Å²) in [7, 11) is 0. The lowest BCUT2D eigenvalue weighted by molar-refractivity contribution is 0.700. The first-order valence-electron chi connectivity index (χ1n) is 7.25. The van der Waals surface area contributed by atoms with Crippen LogP contribution >= 0.6 is 0 Å². The second-order valence-electron chi connectivity index (χ2n) is 6.34. The van der Waals surface area contributed by atoms with Gasteiger partial charge in [0.05, 0.1) is 10.9 Å². The van der Waals surface area contributed by atoms with Gasteiger partial charge in [-0.1, -0.05) is 6.92 Å². The Morgan fingerprint density at radius 1 is 1.15 bits per heavy atom. The minimum Gasteiger partial charge on any atom is -0.398 e. The maximum Gasteiger partial charge on any atom is 0.194 e. The molecule has 3 heteroatoms. The first-order chi connectivity index (χ1) is 9.34. The third-order valence-electron chi connectivity index (χ3n) is 4.99. The number of nitrogens with two attached hydrogens (primary N) is 1. The molecule has 1 fully saturated rings. The fourth-order valence-electron chi connectivity index (χ4n) is 3.20. The smallest absolute Gasteiger partial charge is 0.194 e. The topological polar surface area (TPSA) is 48.0 Å². The van der Waals surface area contributed by atoms with Gasteiger partial charge in [0, 0.05) is 23.5 Å². The van der Waals surface area contributed by atoms with E-state index in [0.29, 0.717) is 23.0 Å². The quantitative estimate of drug-likeness (QED) is 0.807. The number of aryl methyl sites for hydroxylation is 2. The van der Waals surface area contributed by atoms with E-state index in [9.17, 15) is 4.79 Å². The van der Waals surface area contributed by atoms with E-state index in [1.807, 2.05) is 20.0 Å². The number of nitrogens with zero attached hydrogens (tertiary/aromatic N) is 1. The largest absolute Gasteiger partial charge is 0.398 e. The van der Waals surface area contributed by atoms with Crippen molar-refractivity contribution in [2.24, 2.45) is 5.92 Å². The van der Waals surface area contributed by atoms with Gasteiger partial charge in [-0.15, -0.1) is 0 Å². The lowest BCUT2D eigenvalue weighted by Gasteiger charge is -2.19. The van der Waals surface area contributed by atoms with Gasteiger partial charge in [0.1, 0.15) is 0 Å². The third kappa shape index (κ3) is 1.62. The highest BCUT2D eigenvalue weighted by molar-refractivity contribution is 5.96. The predicted molar refractivity (Wildman–Crippen MR) is 84.4 cm³/mol. The first-order valence-corrected chi connectivity index (χ1v) is 7.25. The number of hydrogen-bond donors (Lipinski definition) is 1. The summed E-state index contributed by atoms with van der Waals surface area (Å²) in [6.45, 7) is 10.3. The Balaban J connectivity index is 2.54. The summed E-state index contributed by atoms with van der Waals surface area (Å²) in [5, 5.41) is 0.713. The van der Waals surface area contributed by atoms with Crippen LogP contribution in [0.1, 0.15) is 41.6 Å². The van der Waals surface area contributed by atoms with E-state index in [1.165, 1.54) is 17.5 Å². The van der Waals surface area contributed by atoms with Gasteiger partial charge in [0.25, 0.3) is 0 Å². The van der Waals surface area contributed by atoms with Crippen LogP contribution < -0.4 is 11.2 Å². The maximum atomic E-state index is 12.5. The van der Waals surface area contributed by atoms with E-state index in [4.69, 9.17) is 5.73 Å². The lowest BCUT2D eigenvalue weighted by Crippen LogP contribution is -2.16. The molecule has 1 aromatic heterocycles. The summed E-state index contributed by atoms with van der Waals surface area (Å²) in [5.74, 6) is 0.683. The Morgan fingerprint density at radius 2 is 1.75 bits per heavy atom. The molecule has 1 aliphatic carbocycles. The van der Waals surface area contributed by atoms with Crippen LogP contribution in [0.15, 0.2) is 11.0 Å². The van der Waals surface area contributed by atoms with Crippen molar-refractivity contribution in [1.82, 2.24) is 4.57 Å². The van der Waals surface area contributed by atoms with Gasteiger partial charge >= 0.3 is 0 Å². The molecular formula is C17H22N2O. The number of pyridine rings is 1. The predicted octanol–water partition coefficient (Wildman–Crippen LogP) is 3.40. The molecule has 0 spiro atoms. The number of benzene rings is 1. The first kappa shape index (κ1) is 13.2. The molecule has 1 heterocycles. The molecule has 20 heavy (non-hydrogen) atoms. The molecule has 2 aromatic rings. The number of fused-ring (bicyclic) bond motifs is 1. The normalized spacial score (nSPS) is 21.4. The fraction of sp³-hybridized carbons (Fsp3) is 0.471. The minimum absolute atomic E-state index is 0.0771. The van der Waals surface area contributed by atoms with E-state index < -0.39 is 0 Å². The third-order valence-corrected chi connectivity index (χ3v) is 4.99. The SMILES string of the molecule is Cc1c(C)c(C)c2c(c1N)c(=O)c(C)cn2C1CC1C. The molecule has 3 nitrogen and oxygen atoms in total. The molecule has 0 radical (unpaired) electrons. The van der Waals surface area contributed by atoms with Crippen LogP contribution in [0.4, 0.5) is 5.69 Å². The summed E-state index contributed by atoms with van der Waals surface area (Å²) in [5.41, 5.74) is 12.2. The van der Waals surface area contributed by atoms with Gasteiger partial charge in [-0.2, -0.15) is 0 Å². The average Bonchev–Trinajstić information content (AvgIpc) is 3.13. The molecular weight excluding hydrogens is 248 g/mol. The van der Waals surface area contributed by atoms with Crippen molar-refractivity contribution in [3.05, 3.63) is 38.7 Å². The van der Waals surface area contributed by atoms with Gasteiger partial charge in [-0.05, 0) is 56.7 Å². The van der Waals surface area contributed by atoms with Gasteiger partial charge in [0.2, 0.25) is 0 Å². The Bertz CT molecular complexity index is 786.